The molecule has 4 nitrogen and oxygen atoms in total. The quantitative estimate of drug-likeness (QED) is 0.758. The van der Waals surface area contributed by atoms with Crippen LogP contribution in [0.1, 0.15) is 29.6 Å². The molecule has 3 N–H and O–H groups in total. The molecule has 1 aromatic rings. The Morgan fingerprint density at radius 3 is 2.83 bits per heavy atom. The monoisotopic (exact) mass is 248 g/mol. The maximum atomic E-state index is 12.1. The van der Waals surface area contributed by atoms with E-state index in [1.54, 1.807) is 13.1 Å². The number of anilines is 1. The van der Waals surface area contributed by atoms with Gasteiger partial charge < -0.3 is 15.7 Å². The predicted octanol–water partition coefficient (Wildman–Crippen LogP) is 1.62. The average molecular weight is 248 g/mol. The van der Waals surface area contributed by atoms with Gasteiger partial charge in [-0.15, -0.1) is 0 Å². The Labute approximate surface area is 107 Å². The van der Waals surface area contributed by atoms with E-state index in [1.165, 1.54) is 0 Å². The number of rotatable bonds is 4. The zero-order valence-corrected chi connectivity index (χ0v) is 10.6. The number of para-hydroxylation sites is 1. The van der Waals surface area contributed by atoms with Gasteiger partial charge in [0.2, 0.25) is 0 Å². The topological polar surface area (TPSA) is 61.4 Å². The number of hydrogen-bond acceptors (Lipinski definition) is 3. The second-order valence-corrected chi connectivity index (χ2v) is 4.76. The van der Waals surface area contributed by atoms with Gasteiger partial charge in [-0.1, -0.05) is 18.6 Å². The molecule has 1 saturated carbocycles. The first-order chi connectivity index (χ1) is 8.72. The zero-order chi connectivity index (χ0) is 13.0. The van der Waals surface area contributed by atoms with Crippen LogP contribution in [-0.2, 0) is 0 Å². The van der Waals surface area contributed by atoms with Gasteiger partial charge in [-0.25, -0.2) is 0 Å². The highest BCUT2D eigenvalue weighted by Gasteiger charge is 2.25. The Morgan fingerprint density at radius 2 is 2.17 bits per heavy atom. The van der Waals surface area contributed by atoms with E-state index in [2.05, 4.69) is 10.6 Å². The fourth-order valence-electron chi connectivity index (χ4n) is 2.47. The average Bonchev–Trinajstić information content (AvgIpc) is 2.81. The highest BCUT2D eigenvalue weighted by atomic mass is 16.3. The summed E-state index contributed by atoms with van der Waals surface area (Å²) in [7, 11) is 1.80. The molecule has 2 atom stereocenters. The van der Waals surface area contributed by atoms with Gasteiger partial charge in [-0.2, -0.15) is 0 Å². The van der Waals surface area contributed by atoms with Gasteiger partial charge in [0.25, 0.3) is 5.91 Å². The van der Waals surface area contributed by atoms with Crippen molar-refractivity contribution in [3.63, 3.8) is 0 Å². The van der Waals surface area contributed by atoms with Crippen LogP contribution in [0.2, 0.25) is 0 Å². The highest BCUT2D eigenvalue weighted by Crippen LogP contribution is 2.24. The minimum Gasteiger partial charge on any atom is -0.393 e. The van der Waals surface area contributed by atoms with Crippen molar-refractivity contribution in [2.24, 2.45) is 5.92 Å². The second-order valence-electron chi connectivity index (χ2n) is 4.76. The number of carbonyl (C=O) groups excluding carboxylic acids is 1. The Kier molecular flexibility index (Phi) is 4.20. The predicted molar refractivity (Wildman–Crippen MR) is 71.7 cm³/mol. The minimum atomic E-state index is -0.259. The van der Waals surface area contributed by atoms with Crippen LogP contribution in [0.3, 0.4) is 0 Å². The van der Waals surface area contributed by atoms with Gasteiger partial charge in [0.15, 0.2) is 0 Å². The number of aliphatic hydroxyl groups is 1. The molecular formula is C14H20N2O2. The van der Waals surface area contributed by atoms with Crippen molar-refractivity contribution in [3.05, 3.63) is 29.8 Å². The molecule has 18 heavy (non-hydrogen) atoms. The Hall–Kier alpha value is -1.55. The van der Waals surface area contributed by atoms with Crippen LogP contribution < -0.4 is 10.6 Å². The van der Waals surface area contributed by atoms with Crippen LogP contribution in [0.4, 0.5) is 5.69 Å². The van der Waals surface area contributed by atoms with Crippen molar-refractivity contribution in [1.29, 1.82) is 0 Å². The minimum absolute atomic E-state index is 0.0842. The molecule has 0 aromatic heterocycles. The van der Waals surface area contributed by atoms with Crippen LogP contribution >= 0.6 is 0 Å². The van der Waals surface area contributed by atoms with Gasteiger partial charge in [0.05, 0.1) is 11.7 Å². The number of amides is 1. The van der Waals surface area contributed by atoms with Crippen molar-refractivity contribution in [2.45, 2.75) is 25.4 Å². The van der Waals surface area contributed by atoms with E-state index in [-0.39, 0.29) is 17.9 Å². The van der Waals surface area contributed by atoms with Crippen LogP contribution in [0.15, 0.2) is 24.3 Å². The molecule has 1 aromatic carbocycles. The number of aliphatic hydroxyl groups excluding tert-OH is 1. The summed E-state index contributed by atoms with van der Waals surface area (Å²) in [5.41, 5.74) is 1.47. The number of hydrogen-bond donors (Lipinski definition) is 3. The zero-order valence-electron chi connectivity index (χ0n) is 10.6. The van der Waals surface area contributed by atoms with Crippen molar-refractivity contribution >= 4 is 11.6 Å². The molecule has 0 aliphatic heterocycles. The fraction of sp³-hybridized carbons (Fsp3) is 0.500. The third kappa shape index (κ3) is 2.82. The molecule has 1 amide bonds. The Morgan fingerprint density at radius 1 is 1.39 bits per heavy atom. The third-order valence-electron chi connectivity index (χ3n) is 3.58. The lowest BCUT2D eigenvalue weighted by atomic mass is 10.1. The van der Waals surface area contributed by atoms with E-state index in [1.807, 2.05) is 18.2 Å². The maximum absolute atomic E-state index is 12.1. The fourth-order valence-corrected chi connectivity index (χ4v) is 2.47. The van der Waals surface area contributed by atoms with Crippen molar-refractivity contribution in [3.8, 4) is 0 Å². The van der Waals surface area contributed by atoms with E-state index in [0.717, 1.165) is 24.9 Å². The lowest BCUT2D eigenvalue weighted by molar-refractivity contribution is 0.0917. The SMILES string of the molecule is CNc1ccccc1C(=O)NCC1CCCC1O. The molecule has 0 saturated heterocycles. The number of benzene rings is 1. The first-order valence-corrected chi connectivity index (χ1v) is 6.45. The largest absolute Gasteiger partial charge is 0.393 e. The van der Waals surface area contributed by atoms with Gasteiger partial charge in [0, 0.05) is 25.2 Å². The van der Waals surface area contributed by atoms with Gasteiger partial charge in [-0.05, 0) is 25.0 Å². The normalized spacial score (nSPS) is 22.8. The van der Waals surface area contributed by atoms with Gasteiger partial charge in [-0.3, -0.25) is 4.79 Å². The van der Waals surface area contributed by atoms with E-state index in [4.69, 9.17) is 0 Å². The summed E-state index contributed by atoms with van der Waals surface area (Å²) >= 11 is 0. The lowest BCUT2D eigenvalue weighted by Gasteiger charge is -2.16. The molecule has 98 valence electrons. The standard InChI is InChI=1S/C14H20N2O2/c1-15-12-7-3-2-6-11(12)14(18)16-9-10-5-4-8-13(10)17/h2-3,6-7,10,13,15,17H,4-5,8-9H2,1H3,(H,16,18). The second kappa shape index (κ2) is 5.87. The van der Waals surface area contributed by atoms with Crippen LogP contribution in [-0.4, -0.2) is 30.7 Å². The maximum Gasteiger partial charge on any atom is 0.253 e. The molecule has 0 heterocycles. The molecule has 2 unspecified atom stereocenters. The van der Waals surface area contributed by atoms with E-state index in [0.29, 0.717) is 12.1 Å². The van der Waals surface area contributed by atoms with E-state index >= 15 is 0 Å². The van der Waals surface area contributed by atoms with Crippen LogP contribution in [0, 0.1) is 5.92 Å². The summed E-state index contributed by atoms with van der Waals surface area (Å²) in [6.45, 7) is 0.554. The number of nitrogens with one attached hydrogen (secondary N) is 2. The Bertz CT molecular complexity index is 420. The van der Waals surface area contributed by atoms with Crippen molar-refractivity contribution in [1.82, 2.24) is 5.32 Å². The highest BCUT2D eigenvalue weighted by molar-refractivity contribution is 5.99. The van der Waals surface area contributed by atoms with E-state index < -0.39 is 0 Å². The van der Waals surface area contributed by atoms with Crippen LogP contribution in [0.25, 0.3) is 0 Å². The van der Waals surface area contributed by atoms with Gasteiger partial charge in [0.1, 0.15) is 0 Å². The smallest absolute Gasteiger partial charge is 0.253 e. The molecule has 0 bridgehead atoms. The number of carbonyl (C=O) groups is 1. The summed E-state index contributed by atoms with van der Waals surface area (Å²) in [6.07, 6.45) is 2.64. The molecule has 2 rings (SSSR count). The summed E-state index contributed by atoms with van der Waals surface area (Å²) in [4.78, 5) is 12.1. The molecular weight excluding hydrogens is 228 g/mol. The summed E-state index contributed by atoms with van der Waals surface area (Å²) in [6, 6.07) is 7.41. The van der Waals surface area contributed by atoms with Crippen LogP contribution in [0.5, 0.6) is 0 Å². The first kappa shape index (κ1) is 12.9. The summed E-state index contributed by atoms with van der Waals surface area (Å²) in [5, 5.41) is 15.6. The molecule has 0 spiro atoms. The Balaban J connectivity index is 1.95. The molecule has 0 radical (unpaired) electrons. The molecule has 1 aliphatic rings. The lowest BCUT2D eigenvalue weighted by Crippen LogP contribution is -2.32. The van der Waals surface area contributed by atoms with E-state index in [9.17, 15) is 9.90 Å². The first-order valence-electron chi connectivity index (χ1n) is 6.45. The summed E-state index contributed by atoms with van der Waals surface area (Å²) in [5.74, 6) is 0.120. The van der Waals surface area contributed by atoms with Crippen molar-refractivity contribution < 1.29 is 9.90 Å². The summed E-state index contributed by atoms with van der Waals surface area (Å²) < 4.78 is 0. The molecule has 1 aliphatic carbocycles. The van der Waals surface area contributed by atoms with Crippen molar-refractivity contribution in [2.75, 3.05) is 18.9 Å². The molecule has 1 fully saturated rings. The van der Waals surface area contributed by atoms with Gasteiger partial charge >= 0.3 is 0 Å². The third-order valence-corrected chi connectivity index (χ3v) is 3.58. The molecule has 4 heteroatoms.